The fraction of sp³-hybridized carbons (Fsp3) is 0.385. The summed E-state index contributed by atoms with van der Waals surface area (Å²) in [5.74, 6) is 0.201. The van der Waals surface area contributed by atoms with Crippen molar-refractivity contribution in [3.05, 3.63) is 29.3 Å². The summed E-state index contributed by atoms with van der Waals surface area (Å²) in [4.78, 5) is 0. The molecule has 0 radical (unpaired) electrons. The lowest BCUT2D eigenvalue weighted by molar-refractivity contribution is 0.204. The fourth-order valence-electron chi connectivity index (χ4n) is 1.44. The van der Waals surface area contributed by atoms with Gasteiger partial charge in [-0.1, -0.05) is 11.6 Å². The van der Waals surface area contributed by atoms with Crippen LogP contribution < -0.4 is 10.7 Å². The van der Waals surface area contributed by atoms with Crippen molar-refractivity contribution >= 4 is 23.0 Å². The van der Waals surface area contributed by atoms with Gasteiger partial charge in [0.1, 0.15) is 5.75 Å². The Bertz CT molecular complexity index is 475. The van der Waals surface area contributed by atoms with E-state index in [0.29, 0.717) is 29.5 Å². The number of benzene rings is 1. The number of hydrazone groups is 1. The van der Waals surface area contributed by atoms with Gasteiger partial charge in [-0.3, -0.25) is 5.43 Å². The van der Waals surface area contributed by atoms with Crippen molar-refractivity contribution in [2.45, 2.75) is 13.8 Å². The van der Waals surface area contributed by atoms with E-state index < -0.39 is 0 Å². The van der Waals surface area contributed by atoms with E-state index in [9.17, 15) is 5.11 Å². The third kappa shape index (κ3) is 5.23. The Balaban J connectivity index is 2.61. The van der Waals surface area contributed by atoms with E-state index in [2.05, 4.69) is 15.8 Å². The number of nitrogens with zero attached hydrogens (tertiary/aromatic N) is 1. The summed E-state index contributed by atoms with van der Waals surface area (Å²) in [5, 5.41) is 17.3. The van der Waals surface area contributed by atoms with Gasteiger partial charge < -0.3 is 15.2 Å². The van der Waals surface area contributed by atoms with Crippen LogP contribution in [0.2, 0.25) is 0 Å². The number of aromatic hydroxyl groups is 1. The molecule has 19 heavy (non-hydrogen) atoms. The minimum Gasteiger partial charge on any atom is -0.507 e. The van der Waals surface area contributed by atoms with Crippen LogP contribution in [0.5, 0.6) is 5.75 Å². The van der Waals surface area contributed by atoms with Gasteiger partial charge in [0.2, 0.25) is 0 Å². The maximum absolute atomic E-state index is 9.77. The average Bonchev–Trinajstić information content (AvgIpc) is 2.39. The first-order chi connectivity index (χ1) is 9.04. The molecular weight excluding hydrogens is 262 g/mol. The maximum atomic E-state index is 9.77. The summed E-state index contributed by atoms with van der Waals surface area (Å²) in [5.41, 5.74) is 5.14. The van der Waals surface area contributed by atoms with Crippen molar-refractivity contribution in [3.63, 3.8) is 0 Å². The minimum absolute atomic E-state index is 0.201. The molecule has 104 valence electrons. The molecule has 0 aromatic heterocycles. The van der Waals surface area contributed by atoms with Gasteiger partial charge in [-0.05, 0) is 38.2 Å². The van der Waals surface area contributed by atoms with Crippen LogP contribution in [0, 0.1) is 6.92 Å². The standard InChI is InChI=1S/C13H19N3O2S/c1-9-4-5-12(17)11(8-9)10(2)15-16-13(19)14-6-7-18-3/h4-5,8,17H,6-7H2,1-3H3,(H2,14,16,19)/b15-10+. The number of hydrogen-bond acceptors (Lipinski definition) is 4. The van der Waals surface area contributed by atoms with Gasteiger partial charge in [-0.15, -0.1) is 0 Å². The summed E-state index contributed by atoms with van der Waals surface area (Å²) < 4.78 is 4.90. The van der Waals surface area contributed by atoms with E-state index in [0.717, 1.165) is 5.56 Å². The third-order valence-corrected chi connectivity index (χ3v) is 2.69. The zero-order valence-corrected chi connectivity index (χ0v) is 12.2. The number of hydrogen-bond donors (Lipinski definition) is 3. The highest BCUT2D eigenvalue weighted by molar-refractivity contribution is 7.80. The second-order valence-corrected chi connectivity index (χ2v) is 4.49. The van der Waals surface area contributed by atoms with Crippen molar-refractivity contribution in [2.24, 2.45) is 5.10 Å². The van der Waals surface area contributed by atoms with Crippen molar-refractivity contribution in [3.8, 4) is 5.75 Å². The molecule has 1 rings (SSSR count). The molecule has 1 aromatic carbocycles. The molecule has 0 atom stereocenters. The number of phenols is 1. The van der Waals surface area contributed by atoms with Crippen LogP contribution in [0.15, 0.2) is 23.3 Å². The number of aryl methyl sites for hydroxylation is 1. The third-order valence-electron chi connectivity index (χ3n) is 2.46. The Kier molecular flexibility index (Phi) is 6.24. The molecule has 1 aromatic rings. The highest BCUT2D eigenvalue weighted by atomic mass is 32.1. The van der Waals surface area contributed by atoms with Crippen LogP contribution in [-0.2, 0) is 4.74 Å². The first-order valence-electron chi connectivity index (χ1n) is 5.91. The number of rotatable bonds is 5. The Morgan fingerprint density at radius 3 is 2.89 bits per heavy atom. The number of thiocarbonyl (C=S) groups is 1. The average molecular weight is 281 g/mol. The van der Waals surface area contributed by atoms with Gasteiger partial charge in [0, 0.05) is 19.2 Å². The molecule has 0 spiro atoms. The van der Waals surface area contributed by atoms with Crippen LogP contribution in [0.25, 0.3) is 0 Å². The Morgan fingerprint density at radius 2 is 2.21 bits per heavy atom. The molecule has 0 saturated heterocycles. The van der Waals surface area contributed by atoms with Gasteiger partial charge in [-0.2, -0.15) is 5.10 Å². The number of methoxy groups -OCH3 is 1. The molecule has 6 heteroatoms. The van der Waals surface area contributed by atoms with E-state index in [1.165, 1.54) is 0 Å². The first-order valence-corrected chi connectivity index (χ1v) is 6.32. The quantitative estimate of drug-likeness (QED) is 0.331. The molecule has 0 unspecified atom stereocenters. The van der Waals surface area contributed by atoms with Gasteiger partial charge in [0.05, 0.1) is 12.3 Å². The Morgan fingerprint density at radius 1 is 1.47 bits per heavy atom. The fourth-order valence-corrected chi connectivity index (χ4v) is 1.59. The summed E-state index contributed by atoms with van der Waals surface area (Å²) in [7, 11) is 1.63. The van der Waals surface area contributed by atoms with Crippen molar-refractivity contribution in [1.82, 2.24) is 10.7 Å². The topological polar surface area (TPSA) is 65.9 Å². The highest BCUT2D eigenvalue weighted by Gasteiger charge is 2.05. The minimum atomic E-state index is 0.201. The summed E-state index contributed by atoms with van der Waals surface area (Å²) in [6.07, 6.45) is 0. The number of phenolic OH excluding ortho intramolecular Hbond substituents is 1. The van der Waals surface area contributed by atoms with Gasteiger partial charge in [0.15, 0.2) is 5.11 Å². The van der Waals surface area contributed by atoms with Crippen LogP contribution >= 0.6 is 12.2 Å². The Labute approximate surface area is 118 Å². The van der Waals surface area contributed by atoms with E-state index in [1.807, 2.05) is 19.1 Å². The molecule has 0 amide bonds. The Hall–Kier alpha value is -1.66. The van der Waals surface area contributed by atoms with Crippen LogP contribution in [0.4, 0.5) is 0 Å². The van der Waals surface area contributed by atoms with E-state index in [4.69, 9.17) is 17.0 Å². The van der Waals surface area contributed by atoms with Gasteiger partial charge >= 0.3 is 0 Å². The van der Waals surface area contributed by atoms with E-state index in [-0.39, 0.29) is 5.75 Å². The van der Waals surface area contributed by atoms with Crippen molar-refractivity contribution in [1.29, 1.82) is 0 Å². The van der Waals surface area contributed by atoms with Gasteiger partial charge in [-0.25, -0.2) is 0 Å². The molecule has 0 fully saturated rings. The summed E-state index contributed by atoms with van der Waals surface area (Å²) >= 11 is 5.05. The molecule has 3 N–H and O–H groups in total. The largest absolute Gasteiger partial charge is 0.507 e. The number of ether oxygens (including phenoxy) is 1. The van der Waals surface area contributed by atoms with E-state index >= 15 is 0 Å². The molecule has 0 heterocycles. The van der Waals surface area contributed by atoms with Crippen molar-refractivity contribution < 1.29 is 9.84 Å². The van der Waals surface area contributed by atoms with Gasteiger partial charge in [0.25, 0.3) is 0 Å². The zero-order chi connectivity index (χ0) is 14.3. The summed E-state index contributed by atoms with van der Waals surface area (Å²) in [6.45, 7) is 4.95. The first kappa shape index (κ1) is 15.4. The normalized spacial score (nSPS) is 11.2. The molecule has 0 aliphatic heterocycles. The monoisotopic (exact) mass is 281 g/mol. The van der Waals surface area contributed by atoms with Crippen LogP contribution in [0.3, 0.4) is 0 Å². The molecule has 0 aliphatic carbocycles. The SMILES string of the molecule is COCCNC(=S)N/N=C(\C)c1cc(C)ccc1O. The molecule has 0 bridgehead atoms. The second kappa shape index (κ2) is 7.70. The second-order valence-electron chi connectivity index (χ2n) is 4.08. The van der Waals surface area contributed by atoms with Crippen LogP contribution in [0.1, 0.15) is 18.1 Å². The van der Waals surface area contributed by atoms with Crippen molar-refractivity contribution in [2.75, 3.05) is 20.3 Å². The predicted octanol–water partition coefficient (Wildman–Crippen LogP) is 1.54. The molecule has 0 saturated carbocycles. The lowest BCUT2D eigenvalue weighted by atomic mass is 10.1. The lowest BCUT2D eigenvalue weighted by Gasteiger charge is -2.08. The maximum Gasteiger partial charge on any atom is 0.187 e. The predicted molar refractivity (Wildman–Crippen MR) is 80.7 cm³/mol. The smallest absolute Gasteiger partial charge is 0.187 e. The highest BCUT2D eigenvalue weighted by Crippen LogP contribution is 2.18. The zero-order valence-electron chi connectivity index (χ0n) is 11.4. The van der Waals surface area contributed by atoms with Crippen LogP contribution in [-0.4, -0.2) is 36.2 Å². The molecular formula is C13H19N3O2S. The summed E-state index contributed by atoms with van der Waals surface area (Å²) in [6, 6.07) is 5.37. The van der Waals surface area contributed by atoms with E-state index in [1.54, 1.807) is 20.1 Å². The molecule has 5 nitrogen and oxygen atoms in total. The molecule has 0 aliphatic rings. The lowest BCUT2D eigenvalue weighted by Crippen LogP contribution is -2.34. The number of nitrogens with one attached hydrogen (secondary N) is 2.